The van der Waals surface area contributed by atoms with E-state index in [-0.39, 0.29) is 18.4 Å². The molecule has 0 saturated carbocycles. The van der Waals surface area contributed by atoms with Gasteiger partial charge in [0.25, 0.3) is 0 Å². The van der Waals surface area contributed by atoms with E-state index in [1.54, 1.807) is 6.20 Å². The van der Waals surface area contributed by atoms with E-state index in [1.807, 2.05) is 30.7 Å². The first kappa shape index (κ1) is 22.0. The maximum atomic E-state index is 15.2. The Labute approximate surface area is 192 Å². The Morgan fingerprint density at radius 1 is 1.24 bits per heavy atom. The third kappa shape index (κ3) is 4.27. The molecular formula is C24H30FN5O3. The van der Waals surface area contributed by atoms with Crippen LogP contribution in [0.2, 0.25) is 0 Å². The highest BCUT2D eigenvalue weighted by molar-refractivity contribution is 5.96. The highest BCUT2D eigenvalue weighted by atomic mass is 19.1. The van der Waals surface area contributed by atoms with E-state index in [0.29, 0.717) is 48.7 Å². The summed E-state index contributed by atoms with van der Waals surface area (Å²) in [7, 11) is 0. The van der Waals surface area contributed by atoms with Gasteiger partial charge < -0.3 is 19.1 Å². The second-order valence-electron chi connectivity index (χ2n) is 8.92. The highest BCUT2D eigenvalue weighted by Crippen LogP contribution is 2.38. The largest absolute Gasteiger partial charge is 0.490 e. The van der Waals surface area contributed by atoms with E-state index in [2.05, 4.69) is 21.9 Å². The molecule has 0 bridgehead atoms. The quantitative estimate of drug-likeness (QED) is 0.566. The van der Waals surface area contributed by atoms with Crippen molar-refractivity contribution in [2.75, 3.05) is 31.3 Å². The van der Waals surface area contributed by atoms with Crippen LogP contribution in [0.3, 0.4) is 0 Å². The fourth-order valence-corrected chi connectivity index (χ4v) is 4.55. The average molecular weight is 456 g/mol. The Hall–Kier alpha value is -2.78. The number of hydrogen-bond donors (Lipinski definition) is 0. The number of fused-ring (bicyclic) bond motifs is 1. The van der Waals surface area contributed by atoms with Crippen molar-refractivity contribution in [3.63, 3.8) is 0 Å². The zero-order valence-corrected chi connectivity index (χ0v) is 19.3. The summed E-state index contributed by atoms with van der Waals surface area (Å²) in [5.74, 6) is 0.728. The molecule has 0 radical (unpaired) electrons. The Kier molecular flexibility index (Phi) is 6.16. The maximum Gasteiger partial charge on any atom is 0.154 e. The van der Waals surface area contributed by atoms with Crippen molar-refractivity contribution in [1.82, 2.24) is 19.7 Å². The molecule has 0 aliphatic carbocycles. The predicted octanol–water partition coefficient (Wildman–Crippen LogP) is 4.34. The second-order valence-corrected chi connectivity index (χ2v) is 8.92. The fourth-order valence-electron chi connectivity index (χ4n) is 4.55. The number of ether oxygens (including phenoxy) is 3. The van der Waals surface area contributed by atoms with Crippen LogP contribution >= 0.6 is 0 Å². The first-order valence-corrected chi connectivity index (χ1v) is 11.7. The summed E-state index contributed by atoms with van der Waals surface area (Å²) in [6.45, 7) is 8.58. The van der Waals surface area contributed by atoms with Crippen LogP contribution in [0.1, 0.15) is 46.3 Å². The minimum Gasteiger partial charge on any atom is -0.490 e. The minimum absolute atomic E-state index is 0.122. The average Bonchev–Trinajstić information content (AvgIpc) is 3.29. The van der Waals surface area contributed by atoms with Crippen LogP contribution in [0.5, 0.6) is 5.75 Å². The normalized spacial score (nSPS) is 21.7. The molecule has 2 aliphatic heterocycles. The molecule has 1 unspecified atom stereocenters. The van der Waals surface area contributed by atoms with Crippen molar-refractivity contribution in [3.05, 3.63) is 30.3 Å². The molecule has 3 aromatic heterocycles. The van der Waals surface area contributed by atoms with Gasteiger partial charge in [-0.15, -0.1) is 0 Å². The molecule has 2 atom stereocenters. The van der Waals surface area contributed by atoms with Crippen molar-refractivity contribution < 1.29 is 18.6 Å². The molecule has 0 aromatic carbocycles. The van der Waals surface area contributed by atoms with Gasteiger partial charge in [-0.25, -0.2) is 19.0 Å². The summed E-state index contributed by atoms with van der Waals surface area (Å²) in [5.41, 5.74) is 1.77. The van der Waals surface area contributed by atoms with Crippen LogP contribution in [0.15, 0.2) is 24.5 Å². The van der Waals surface area contributed by atoms with Gasteiger partial charge in [-0.3, -0.25) is 0 Å². The summed E-state index contributed by atoms with van der Waals surface area (Å²) in [4.78, 5) is 11.6. The van der Waals surface area contributed by atoms with Crippen molar-refractivity contribution in [1.29, 1.82) is 0 Å². The van der Waals surface area contributed by atoms with E-state index in [9.17, 15) is 0 Å². The number of pyridine rings is 2. The van der Waals surface area contributed by atoms with Gasteiger partial charge in [0.15, 0.2) is 12.0 Å². The zero-order chi connectivity index (χ0) is 22.9. The van der Waals surface area contributed by atoms with Gasteiger partial charge in [-0.05, 0) is 46.1 Å². The van der Waals surface area contributed by atoms with Crippen molar-refractivity contribution >= 4 is 16.7 Å². The van der Waals surface area contributed by atoms with Gasteiger partial charge in [0.05, 0.1) is 42.6 Å². The third-order valence-electron chi connectivity index (χ3n) is 6.11. The molecule has 0 amide bonds. The van der Waals surface area contributed by atoms with E-state index in [1.165, 1.54) is 6.20 Å². The van der Waals surface area contributed by atoms with E-state index >= 15 is 4.39 Å². The van der Waals surface area contributed by atoms with Crippen LogP contribution in [0.25, 0.3) is 22.3 Å². The molecule has 3 aromatic rings. The molecule has 33 heavy (non-hydrogen) atoms. The Balaban J connectivity index is 1.70. The van der Waals surface area contributed by atoms with Gasteiger partial charge in [-0.2, -0.15) is 5.10 Å². The van der Waals surface area contributed by atoms with E-state index in [0.717, 1.165) is 30.8 Å². The number of nitrogens with zero attached hydrogens (tertiary/aromatic N) is 5. The minimum atomic E-state index is -0.460. The van der Waals surface area contributed by atoms with Gasteiger partial charge >= 0.3 is 0 Å². The van der Waals surface area contributed by atoms with Crippen LogP contribution in [0.4, 0.5) is 10.2 Å². The number of halogens is 1. The van der Waals surface area contributed by atoms with Gasteiger partial charge in [0.2, 0.25) is 0 Å². The number of morpholine rings is 1. The van der Waals surface area contributed by atoms with Gasteiger partial charge in [0, 0.05) is 25.4 Å². The molecule has 9 heteroatoms. The van der Waals surface area contributed by atoms with Gasteiger partial charge in [0.1, 0.15) is 22.8 Å². The lowest BCUT2D eigenvalue weighted by Crippen LogP contribution is -2.44. The Bertz CT molecular complexity index is 1130. The molecule has 2 aliphatic rings. The van der Waals surface area contributed by atoms with Crippen molar-refractivity contribution in [2.45, 2.75) is 58.4 Å². The summed E-state index contributed by atoms with van der Waals surface area (Å²) in [5, 5.41) is 4.84. The standard InChI is InChI=1S/C24H30FN5O3/c1-15(2)33-19-12-20(29-9-11-31-14-16(29)3)28-24-22(19)17(25)13-26-23(24)18-7-8-27-30(18)21-6-4-5-10-32-21/h7-8,12-13,15-16,21H,4-6,9-11,14H2,1-3H3/t16-,21?/m1/s1. The summed E-state index contributed by atoms with van der Waals surface area (Å²) in [6.07, 6.45) is 5.67. The van der Waals surface area contributed by atoms with E-state index in [4.69, 9.17) is 19.2 Å². The maximum absolute atomic E-state index is 15.2. The lowest BCUT2D eigenvalue weighted by molar-refractivity contribution is -0.0383. The number of anilines is 1. The monoisotopic (exact) mass is 455 g/mol. The molecule has 2 fully saturated rings. The van der Waals surface area contributed by atoms with Crippen LogP contribution in [-0.2, 0) is 9.47 Å². The highest BCUT2D eigenvalue weighted by Gasteiger charge is 2.27. The first-order chi connectivity index (χ1) is 16.0. The van der Waals surface area contributed by atoms with Gasteiger partial charge in [-0.1, -0.05) is 0 Å². The van der Waals surface area contributed by atoms with Crippen LogP contribution in [0, 0.1) is 5.82 Å². The smallest absolute Gasteiger partial charge is 0.154 e. The summed E-state index contributed by atoms with van der Waals surface area (Å²) in [6, 6.07) is 3.85. The van der Waals surface area contributed by atoms with E-state index < -0.39 is 5.82 Å². The Morgan fingerprint density at radius 2 is 2.12 bits per heavy atom. The lowest BCUT2D eigenvalue weighted by Gasteiger charge is -2.34. The van der Waals surface area contributed by atoms with Crippen molar-refractivity contribution in [2.24, 2.45) is 0 Å². The molecule has 2 saturated heterocycles. The molecule has 0 N–H and O–H groups in total. The molecular weight excluding hydrogens is 425 g/mol. The Morgan fingerprint density at radius 3 is 2.88 bits per heavy atom. The first-order valence-electron chi connectivity index (χ1n) is 11.7. The third-order valence-corrected chi connectivity index (χ3v) is 6.11. The molecule has 5 rings (SSSR count). The second kappa shape index (κ2) is 9.23. The molecule has 5 heterocycles. The molecule has 0 spiro atoms. The predicted molar refractivity (Wildman–Crippen MR) is 123 cm³/mol. The van der Waals surface area contributed by atoms with Crippen molar-refractivity contribution in [3.8, 4) is 17.1 Å². The SMILES string of the molecule is CC(C)Oc1cc(N2CCOC[C@H]2C)nc2c(-c3ccnn3C3CCCCO3)ncc(F)c12. The molecule has 8 nitrogen and oxygen atoms in total. The van der Waals surface area contributed by atoms with Crippen LogP contribution in [-0.4, -0.2) is 58.3 Å². The fraction of sp³-hybridized carbons (Fsp3) is 0.542. The zero-order valence-electron chi connectivity index (χ0n) is 19.3. The number of rotatable bonds is 5. The number of hydrogen-bond acceptors (Lipinski definition) is 7. The summed E-state index contributed by atoms with van der Waals surface area (Å²) >= 11 is 0. The lowest BCUT2D eigenvalue weighted by atomic mass is 10.1. The number of aromatic nitrogens is 4. The van der Waals surface area contributed by atoms with Crippen LogP contribution < -0.4 is 9.64 Å². The molecule has 176 valence electrons. The summed E-state index contributed by atoms with van der Waals surface area (Å²) < 4.78 is 34.6. The topological polar surface area (TPSA) is 74.5 Å².